The summed E-state index contributed by atoms with van der Waals surface area (Å²) >= 11 is 0. The van der Waals surface area contributed by atoms with Gasteiger partial charge in [0.25, 0.3) is 0 Å². The lowest BCUT2D eigenvalue weighted by molar-refractivity contribution is -0.137. The second-order valence-corrected chi connectivity index (χ2v) is 4.85. The monoisotopic (exact) mass is 258 g/mol. The Morgan fingerprint density at radius 2 is 1.95 bits per heavy atom. The lowest BCUT2D eigenvalue weighted by atomic mass is 10.2. The van der Waals surface area contributed by atoms with E-state index < -0.39 is 5.79 Å². The van der Waals surface area contributed by atoms with Crippen LogP contribution in [0.3, 0.4) is 0 Å². The van der Waals surface area contributed by atoms with Crippen LogP contribution in [0.15, 0.2) is 24.5 Å². The van der Waals surface area contributed by atoms with E-state index in [-0.39, 0.29) is 0 Å². The van der Waals surface area contributed by atoms with Crippen molar-refractivity contribution in [2.75, 3.05) is 31.2 Å². The molecule has 98 valence electrons. The summed E-state index contributed by atoms with van der Waals surface area (Å²) in [5, 5.41) is 0. The molecular formula is C13H14N4O2. The minimum Gasteiger partial charge on any atom is -0.351 e. The van der Waals surface area contributed by atoms with Crippen LogP contribution < -0.4 is 4.90 Å². The number of rotatable bonds is 1. The number of nitrogens with zero attached hydrogens (tertiary/aromatic N) is 4. The van der Waals surface area contributed by atoms with Crippen molar-refractivity contribution in [2.24, 2.45) is 0 Å². The Morgan fingerprint density at radius 3 is 2.84 bits per heavy atom. The van der Waals surface area contributed by atoms with Crippen molar-refractivity contribution in [3.63, 3.8) is 0 Å². The van der Waals surface area contributed by atoms with E-state index in [2.05, 4.69) is 19.9 Å². The maximum absolute atomic E-state index is 5.72. The summed E-state index contributed by atoms with van der Waals surface area (Å²) in [6.45, 7) is 2.99. The highest BCUT2D eigenvalue weighted by Gasteiger charge is 2.43. The average Bonchev–Trinajstić information content (AvgIpc) is 3.09. The van der Waals surface area contributed by atoms with Crippen LogP contribution in [-0.4, -0.2) is 47.0 Å². The molecule has 4 rings (SSSR count). The van der Waals surface area contributed by atoms with Crippen molar-refractivity contribution in [1.82, 2.24) is 15.0 Å². The number of fused-ring (bicyclic) bond motifs is 1. The van der Waals surface area contributed by atoms with E-state index in [4.69, 9.17) is 9.47 Å². The number of pyridine rings is 1. The Morgan fingerprint density at radius 1 is 1.11 bits per heavy atom. The summed E-state index contributed by atoms with van der Waals surface area (Å²) in [5.41, 5.74) is 1.49. The lowest BCUT2D eigenvalue weighted by Gasteiger charge is -2.22. The van der Waals surface area contributed by atoms with Crippen molar-refractivity contribution in [2.45, 2.75) is 12.2 Å². The minimum atomic E-state index is -0.418. The van der Waals surface area contributed by atoms with Gasteiger partial charge in [0.1, 0.15) is 11.3 Å². The largest absolute Gasteiger partial charge is 0.351 e. The van der Waals surface area contributed by atoms with Crippen LogP contribution in [0.25, 0.3) is 11.2 Å². The first-order valence-electron chi connectivity index (χ1n) is 6.45. The van der Waals surface area contributed by atoms with Gasteiger partial charge in [0.2, 0.25) is 0 Å². The van der Waals surface area contributed by atoms with Crippen LogP contribution in [-0.2, 0) is 9.47 Å². The molecule has 0 unspecified atom stereocenters. The van der Waals surface area contributed by atoms with Crippen molar-refractivity contribution in [1.29, 1.82) is 0 Å². The maximum Gasteiger partial charge on any atom is 0.187 e. The highest BCUT2D eigenvalue weighted by molar-refractivity contribution is 5.71. The van der Waals surface area contributed by atoms with Crippen LogP contribution in [0.2, 0.25) is 0 Å². The van der Waals surface area contributed by atoms with E-state index in [1.165, 1.54) is 0 Å². The maximum atomic E-state index is 5.72. The fourth-order valence-corrected chi connectivity index (χ4v) is 2.70. The fourth-order valence-electron chi connectivity index (χ4n) is 2.70. The molecule has 2 aromatic heterocycles. The zero-order valence-electron chi connectivity index (χ0n) is 10.5. The normalized spacial score (nSPS) is 21.6. The quantitative estimate of drug-likeness (QED) is 0.760. The molecule has 2 aromatic rings. The van der Waals surface area contributed by atoms with Crippen LogP contribution in [0.4, 0.5) is 5.82 Å². The Bertz CT molecular complexity index is 612. The molecule has 2 aliphatic heterocycles. The van der Waals surface area contributed by atoms with E-state index >= 15 is 0 Å². The van der Waals surface area contributed by atoms with Crippen LogP contribution in [0.1, 0.15) is 6.42 Å². The van der Waals surface area contributed by atoms with Crippen molar-refractivity contribution >= 4 is 17.0 Å². The standard InChI is InChI=1S/C13H14N4O2/c1-2-11(16-12-10(1)14-4-5-15-12)17-6-3-13(9-17)18-7-8-19-13/h1-2,4-5H,3,6-9H2. The van der Waals surface area contributed by atoms with Crippen LogP contribution >= 0.6 is 0 Å². The Labute approximate surface area is 110 Å². The Kier molecular flexibility index (Phi) is 2.39. The summed E-state index contributed by atoms with van der Waals surface area (Å²) in [4.78, 5) is 15.2. The Balaban J connectivity index is 1.64. The Hall–Kier alpha value is -1.79. The van der Waals surface area contributed by atoms with Gasteiger partial charge in [-0.15, -0.1) is 0 Å². The number of aromatic nitrogens is 3. The van der Waals surface area contributed by atoms with Gasteiger partial charge in [-0.2, -0.15) is 0 Å². The smallest absolute Gasteiger partial charge is 0.187 e. The predicted molar refractivity (Wildman–Crippen MR) is 68.8 cm³/mol. The SMILES string of the molecule is c1cnc2nc(N3CCC4(C3)OCCO4)ccc2n1. The van der Waals surface area contributed by atoms with Gasteiger partial charge in [-0.1, -0.05) is 0 Å². The third-order valence-corrected chi connectivity index (χ3v) is 3.65. The van der Waals surface area contributed by atoms with Crippen molar-refractivity contribution in [3.05, 3.63) is 24.5 Å². The highest BCUT2D eigenvalue weighted by Crippen LogP contribution is 2.32. The van der Waals surface area contributed by atoms with E-state index in [9.17, 15) is 0 Å². The molecule has 2 saturated heterocycles. The summed E-state index contributed by atoms with van der Waals surface area (Å²) < 4.78 is 11.4. The van der Waals surface area contributed by atoms with Gasteiger partial charge in [0.15, 0.2) is 11.4 Å². The molecule has 0 aliphatic carbocycles. The van der Waals surface area contributed by atoms with Gasteiger partial charge in [-0.25, -0.2) is 9.97 Å². The minimum absolute atomic E-state index is 0.418. The second-order valence-electron chi connectivity index (χ2n) is 4.85. The summed E-state index contributed by atoms with van der Waals surface area (Å²) in [6.07, 6.45) is 4.22. The predicted octanol–water partition coefficient (Wildman–Crippen LogP) is 0.978. The molecule has 0 aromatic carbocycles. The average molecular weight is 258 g/mol. The topological polar surface area (TPSA) is 60.4 Å². The van der Waals surface area contributed by atoms with E-state index in [0.717, 1.165) is 30.8 Å². The third kappa shape index (κ3) is 1.84. The number of ether oxygens (including phenoxy) is 2. The van der Waals surface area contributed by atoms with Crippen molar-refractivity contribution < 1.29 is 9.47 Å². The third-order valence-electron chi connectivity index (χ3n) is 3.65. The number of hydrogen-bond donors (Lipinski definition) is 0. The summed E-state index contributed by atoms with van der Waals surface area (Å²) in [5.74, 6) is 0.489. The number of anilines is 1. The summed E-state index contributed by atoms with van der Waals surface area (Å²) in [7, 11) is 0. The molecule has 2 aliphatic rings. The molecule has 0 saturated carbocycles. The fraction of sp³-hybridized carbons (Fsp3) is 0.462. The molecule has 6 nitrogen and oxygen atoms in total. The van der Waals surface area contributed by atoms with Gasteiger partial charge in [0.05, 0.1) is 19.8 Å². The molecule has 6 heteroatoms. The second kappa shape index (κ2) is 4.11. The molecule has 0 N–H and O–H groups in total. The molecule has 0 bridgehead atoms. The number of hydrogen-bond acceptors (Lipinski definition) is 6. The van der Waals surface area contributed by atoms with Gasteiger partial charge in [0, 0.05) is 25.4 Å². The molecular weight excluding hydrogens is 244 g/mol. The van der Waals surface area contributed by atoms with E-state index in [1.54, 1.807) is 12.4 Å². The molecule has 19 heavy (non-hydrogen) atoms. The first kappa shape index (κ1) is 11.1. The molecule has 0 amide bonds. The van der Waals surface area contributed by atoms with Crippen LogP contribution in [0, 0.1) is 0 Å². The van der Waals surface area contributed by atoms with Gasteiger partial charge >= 0.3 is 0 Å². The highest BCUT2D eigenvalue weighted by atomic mass is 16.7. The molecule has 0 atom stereocenters. The van der Waals surface area contributed by atoms with Gasteiger partial charge in [-0.05, 0) is 12.1 Å². The first-order chi connectivity index (χ1) is 9.35. The first-order valence-corrected chi connectivity index (χ1v) is 6.45. The molecule has 2 fully saturated rings. The van der Waals surface area contributed by atoms with E-state index in [0.29, 0.717) is 18.9 Å². The summed E-state index contributed by atoms with van der Waals surface area (Å²) in [6, 6.07) is 3.93. The van der Waals surface area contributed by atoms with Gasteiger partial charge < -0.3 is 14.4 Å². The molecule has 4 heterocycles. The zero-order chi connectivity index (χ0) is 12.7. The van der Waals surface area contributed by atoms with Crippen molar-refractivity contribution in [3.8, 4) is 0 Å². The molecule has 0 radical (unpaired) electrons. The molecule has 1 spiro atoms. The van der Waals surface area contributed by atoms with Crippen LogP contribution in [0.5, 0.6) is 0 Å². The zero-order valence-corrected chi connectivity index (χ0v) is 10.5. The lowest BCUT2D eigenvalue weighted by Crippen LogP contribution is -2.34. The van der Waals surface area contributed by atoms with E-state index in [1.807, 2.05) is 12.1 Å². The van der Waals surface area contributed by atoms with Gasteiger partial charge in [-0.3, -0.25) is 4.98 Å².